The van der Waals surface area contributed by atoms with Crippen molar-refractivity contribution in [2.24, 2.45) is 0 Å². The summed E-state index contributed by atoms with van der Waals surface area (Å²) in [5.74, 6) is -0.717. The van der Waals surface area contributed by atoms with Gasteiger partial charge in [-0.1, -0.05) is 200 Å². The minimum atomic E-state index is -0.319. The van der Waals surface area contributed by atoms with E-state index in [1.54, 1.807) is 35.4 Å². The van der Waals surface area contributed by atoms with Crippen LogP contribution in [0.5, 0.6) is 0 Å². The molecule has 2 aliphatic rings. The third kappa shape index (κ3) is 10.9. The molecule has 82 heavy (non-hydrogen) atoms. The Morgan fingerprint density at radius 1 is 0.427 bits per heavy atom. The van der Waals surface area contributed by atoms with Gasteiger partial charge < -0.3 is 9.80 Å². The Bertz CT molecular complexity index is 4050. The monoisotopic (exact) mass is 1070 g/mol. The quantitative estimate of drug-likeness (QED) is 0.0754. The van der Waals surface area contributed by atoms with Gasteiger partial charge in [-0.25, -0.2) is 8.78 Å². The van der Waals surface area contributed by atoms with Crippen LogP contribution in [0.25, 0.3) is 34.0 Å². The molecule has 9 aromatic carbocycles. The van der Waals surface area contributed by atoms with E-state index in [9.17, 15) is 23.2 Å². The average molecular weight is 1080 g/mol. The topological polar surface area (TPSA) is 83.5 Å². The van der Waals surface area contributed by atoms with Crippen molar-refractivity contribution in [3.05, 3.63) is 332 Å². The fraction of sp³-hybridized carbons (Fsp3) is 0.110. The van der Waals surface area contributed by atoms with Crippen molar-refractivity contribution in [3.63, 3.8) is 0 Å². The number of pyridine rings is 2. The number of carbonyl (C=O) groups is 3. The van der Waals surface area contributed by atoms with E-state index in [-0.39, 0.29) is 35.3 Å². The highest BCUT2D eigenvalue weighted by molar-refractivity contribution is 6.11. The first-order valence-corrected chi connectivity index (χ1v) is 27.6. The van der Waals surface area contributed by atoms with Crippen LogP contribution in [0.3, 0.4) is 0 Å². The van der Waals surface area contributed by atoms with Crippen molar-refractivity contribution in [2.45, 2.75) is 50.9 Å². The SMILES string of the molecule is O=C1c2c(c(/C=C/c3ccccc3)c3cccnc3c2CC(c2ccccc2)c2ccccc2)CN1Cc1ccc(F)cc1.O=Cc1c2c(c(CC(c3ccccc3)c3ccccc3)c3ncccc13)C(=O)N(Cc1ccc(F)cc1)C2. The van der Waals surface area contributed by atoms with Crippen LogP contribution in [0.2, 0.25) is 0 Å². The van der Waals surface area contributed by atoms with Crippen molar-refractivity contribution in [2.75, 3.05) is 0 Å². The molecule has 2 aliphatic heterocycles. The molecule has 0 atom stereocenters. The van der Waals surface area contributed by atoms with Gasteiger partial charge in [0.2, 0.25) is 0 Å². The number of fused-ring (bicyclic) bond motifs is 4. The van der Waals surface area contributed by atoms with Crippen molar-refractivity contribution in [1.29, 1.82) is 0 Å². The predicted octanol–water partition coefficient (Wildman–Crippen LogP) is 15.8. The Kier molecular flexibility index (Phi) is 15.3. The molecule has 9 heteroatoms. The third-order valence-corrected chi connectivity index (χ3v) is 15.9. The second-order valence-electron chi connectivity index (χ2n) is 20.9. The number of hydrogen-bond donors (Lipinski definition) is 0. The van der Waals surface area contributed by atoms with Crippen molar-refractivity contribution in [3.8, 4) is 0 Å². The molecular formula is C73H56F2N4O3. The van der Waals surface area contributed by atoms with Gasteiger partial charge >= 0.3 is 0 Å². The van der Waals surface area contributed by atoms with Gasteiger partial charge in [-0.15, -0.1) is 0 Å². The van der Waals surface area contributed by atoms with Gasteiger partial charge in [0.25, 0.3) is 11.8 Å². The van der Waals surface area contributed by atoms with E-state index in [4.69, 9.17) is 4.98 Å². The Morgan fingerprint density at radius 2 is 0.793 bits per heavy atom. The van der Waals surface area contributed by atoms with Crippen LogP contribution in [-0.4, -0.2) is 37.9 Å². The molecule has 2 amide bonds. The van der Waals surface area contributed by atoms with Gasteiger partial charge in [-0.2, -0.15) is 0 Å². The van der Waals surface area contributed by atoms with Gasteiger partial charge in [-0.3, -0.25) is 24.4 Å². The van der Waals surface area contributed by atoms with E-state index in [0.717, 1.165) is 83.8 Å². The molecule has 0 saturated heterocycles. The lowest BCUT2D eigenvalue weighted by Crippen LogP contribution is -2.24. The zero-order valence-electron chi connectivity index (χ0n) is 44.9. The molecule has 400 valence electrons. The molecule has 0 saturated carbocycles. The smallest absolute Gasteiger partial charge is 0.255 e. The van der Waals surface area contributed by atoms with Crippen LogP contribution in [0.1, 0.15) is 110 Å². The van der Waals surface area contributed by atoms with Crippen molar-refractivity contribution >= 4 is 52.1 Å². The Hall–Kier alpha value is -9.99. The molecule has 0 radical (unpaired) electrons. The largest absolute Gasteiger partial charge is 0.330 e. The second kappa shape index (κ2) is 23.8. The molecule has 0 bridgehead atoms. The number of nitrogens with zero attached hydrogens (tertiary/aromatic N) is 4. The van der Waals surface area contributed by atoms with Gasteiger partial charge in [0.05, 0.1) is 22.2 Å². The van der Waals surface area contributed by atoms with E-state index in [0.29, 0.717) is 55.7 Å². The summed E-state index contributed by atoms with van der Waals surface area (Å²) in [4.78, 5) is 54.0. The molecule has 11 aromatic rings. The molecule has 2 aromatic heterocycles. The summed E-state index contributed by atoms with van der Waals surface area (Å²) in [6.45, 7) is 1.52. The lowest BCUT2D eigenvalue weighted by atomic mass is 9.82. The number of rotatable bonds is 15. The Balaban J connectivity index is 0.000000164. The minimum absolute atomic E-state index is 0.00673. The molecule has 7 nitrogen and oxygen atoms in total. The van der Waals surface area contributed by atoms with Crippen LogP contribution in [0, 0.1) is 11.6 Å². The number of benzene rings is 9. The maximum Gasteiger partial charge on any atom is 0.255 e. The van der Waals surface area contributed by atoms with Crippen LogP contribution in [0.15, 0.2) is 237 Å². The molecule has 13 rings (SSSR count). The Labute approximate surface area is 475 Å². The third-order valence-electron chi connectivity index (χ3n) is 15.9. The van der Waals surface area contributed by atoms with E-state index in [1.165, 1.54) is 35.4 Å². The number of aldehydes is 1. The number of hydrogen-bond acceptors (Lipinski definition) is 5. The van der Waals surface area contributed by atoms with Crippen molar-refractivity contribution in [1.82, 2.24) is 19.8 Å². The first-order chi connectivity index (χ1) is 40.3. The van der Waals surface area contributed by atoms with Crippen LogP contribution in [0.4, 0.5) is 8.78 Å². The second-order valence-corrected chi connectivity index (χ2v) is 20.9. The fourth-order valence-corrected chi connectivity index (χ4v) is 12.0. The first-order valence-electron chi connectivity index (χ1n) is 27.6. The molecule has 0 fully saturated rings. The summed E-state index contributed by atoms with van der Waals surface area (Å²) in [6, 6.07) is 72.1. The zero-order chi connectivity index (χ0) is 55.9. The molecule has 0 spiro atoms. The lowest BCUT2D eigenvalue weighted by Gasteiger charge is -2.22. The van der Waals surface area contributed by atoms with E-state index in [2.05, 4.69) is 108 Å². The molecular weight excluding hydrogens is 1020 g/mol. The average Bonchev–Trinajstić information content (AvgIpc) is 4.25. The van der Waals surface area contributed by atoms with Crippen molar-refractivity contribution < 1.29 is 23.2 Å². The van der Waals surface area contributed by atoms with Gasteiger partial charge in [0.1, 0.15) is 11.6 Å². The number of halogens is 2. The van der Waals surface area contributed by atoms with E-state index < -0.39 is 0 Å². The zero-order valence-corrected chi connectivity index (χ0v) is 44.9. The summed E-state index contributed by atoms with van der Waals surface area (Å²) in [5.41, 5.74) is 15.4. The molecule has 0 unspecified atom stereocenters. The number of carbonyl (C=O) groups excluding carboxylic acids is 3. The van der Waals surface area contributed by atoms with Gasteiger partial charge in [0.15, 0.2) is 6.29 Å². The normalized spacial score (nSPS) is 12.8. The van der Waals surface area contributed by atoms with E-state index >= 15 is 0 Å². The summed E-state index contributed by atoms with van der Waals surface area (Å²) in [5, 5.41) is 1.79. The highest BCUT2D eigenvalue weighted by Gasteiger charge is 2.37. The Morgan fingerprint density at radius 3 is 1.18 bits per heavy atom. The lowest BCUT2D eigenvalue weighted by molar-refractivity contribution is 0.0758. The van der Waals surface area contributed by atoms with Crippen LogP contribution >= 0.6 is 0 Å². The number of aromatic nitrogens is 2. The maximum atomic E-state index is 14.4. The number of amides is 2. The summed E-state index contributed by atoms with van der Waals surface area (Å²) in [6.07, 6.45) is 9.78. The first kappa shape index (κ1) is 52.7. The molecule has 0 N–H and O–H groups in total. The highest BCUT2D eigenvalue weighted by atomic mass is 19.1. The minimum Gasteiger partial charge on any atom is -0.330 e. The summed E-state index contributed by atoms with van der Waals surface area (Å²) >= 11 is 0. The standard InChI is InChI=1S/C40H31FN2O.C33H25FN2O2/c41-32-21-18-29(19-22-32)26-43-27-37-33(23-20-28-11-4-1-5-12-28)34-17-10-24-42-39(34)36(38(37)40(43)44)25-35(30-13-6-2-7-14-30)31-15-8-3-9-16-31;34-25-15-13-22(14-16-25)19-36-20-29-30(21-37)26-12-7-17-35-32(26)28(31(29)33(36)38)18-27(23-8-3-1-4-9-23)24-10-5-2-6-11-24/h1-24,35H,25-27H2;1-17,21,27H,18-20H2/b23-20+;. The maximum absolute atomic E-state index is 14.4. The van der Waals surface area contributed by atoms with Gasteiger partial charge in [-0.05, 0) is 116 Å². The molecule has 4 heterocycles. The van der Waals surface area contributed by atoms with Gasteiger partial charge in [0, 0.05) is 66.7 Å². The predicted molar refractivity (Wildman–Crippen MR) is 321 cm³/mol. The fourth-order valence-electron chi connectivity index (χ4n) is 12.0. The van der Waals surface area contributed by atoms with Crippen LogP contribution in [-0.2, 0) is 39.0 Å². The van der Waals surface area contributed by atoms with E-state index in [1.807, 2.05) is 96.0 Å². The summed E-state index contributed by atoms with van der Waals surface area (Å²) < 4.78 is 27.2. The summed E-state index contributed by atoms with van der Waals surface area (Å²) in [7, 11) is 0. The van der Waals surface area contributed by atoms with Crippen LogP contribution < -0.4 is 0 Å². The molecule has 0 aliphatic carbocycles. The highest BCUT2D eigenvalue weighted by Crippen LogP contribution is 2.42.